The predicted molar refractivity (Wildman–Crippen MR) is 180 cm³/mol. The molecule has 0 aliphatic heterocycles. The van der Waals surface area contributed by atoms with Crippen molar-refractivity contribution in [1.29, 1.82) is 0 Å². The van der Waals surface area contributed by atoms with Gasteiger partial charge < -0.3 is 50.9 Å². The Balaban J connectivity index is 1.99. The van der Waals surface area contributed by atoms with Crippen molar-refractivity contribution in [2.75, 3.05) is 46.1 Å². The summed E-state index contributed by atoms with van der Waals surface area (Å²) in [5.41, 5.74) is 5.72. The number of benzene rings is 1. The molecule has 0 aromatic heterocycles. The van der Waals surface area contributed by atoms with Crippen molar-refractivity contribution < 1.29 is 53.2 Å². The molecule has 0 bridgehead atoms. The molecule has 0 aliphatic carbocycles. The maximum atomic E-state index is 12.3. The average Bonchev–Trinajstić information content (AvgIpc) is 3.08. The van der Waals surface area contributed by atoms with Crippen molar-refractivity contribution in [3.8, 4) is 5.75 Å². The number of carbonyl (C=O) groups is 6. The standard InChI is InChI=1S/C34H54N4O11/c35-27(24-39)10-7-8-18-36-32(42)25-48-23-22-47-21-19-37-30(40)17-16-29(34(45)46)38-31(41)11-6-4-2-1-3-5-9-20-49-28-14-12-26(13-15-28)33(43)44/h12-15,24,27,29H,1-11,16-23,25,35H2,(H,36,42)(H,37,40)(H,38,41)(H,43,44)(H,45,46)/t27-,29-/m0/s1. The van der Waals surface area contributed by atoms with Gasteiger partial charge in [-0.25, -0.2) is 9.59 Å². The summed E-state index contributed by atoms with van der Waals surface area (Å²) in [5, 5.41) is 26.2. The normalized spacial score (nSPS) is 12.0. The molecule has 49 heavy (non-hydrogen) atoms. The number of hydrogen-bond acceptors (Lipinski definition) is 10. The average molecular weight is 695 g/mol. The highest BCUT2D eigenvalue weighted by Crippen LogP contribution is 2.14. The van der Waals surface area contributed by atoms with Crippen LogP contribution >= 0.6 is 0 Å². The van der Waals surface area contributed by atoms with Crippen molar-refractivity contribution >= 4 is 35.9 Å². The minimum Gasteiger partial charge on any atom is -0.494 e. The van der Waals surface area contributed by atoms with Crippen molar-refractivity contribution in [2.24, 2.45) is 5.73 Å². The third-order valence-corrected chi connectivity index (χ3v) is 7.35. The molecule has 15 nitrogen and oxygen atoms in total. The minimum atomic E-state index is -1.20. The Bertz CT molecular complexity index is 1120. The Morgan fingerprint density at radius 1 is 0.694 bits per heavy atom. The molecular formula is C34H54N4O11. The van der Waals surface area contributed by atoms with Crippen LogP contribution in [-0.4, -0.2) is 104 Å². The second-order valence-corrected chi connectivity index (χ2v) is 11.6. The topological polar surface area (TPSA) is 233 Å². The van der Waals surface area contributed by atoms with Gasteiger partial charge in [0.05, 0.1) is 38.0 Å². The number of amides is 3. The lowest BCUT2D eigenvalue weighted by atomic mass is 10.1. The summed E-state index contributed by atoms with van der Waals surface area (Å²) in [4.78, 5) is 69.0. The Kier molecular flexibility index (Phi) is 24.4. The van der Waals surface area contributed by atoms with Crippen molar-refractivity contribution in [3.05, 3.63) is 29.8 Å². The molecule has 1 aromatic carbocycles. The number of aldehydes is 1. The summed E-state index contributed by atoms with van der Waals surface area (Å²) < 4.78 is 16.2. The first-order chi connectivity index (χ1) is 23.6. The second-order valence-electron chi connectivity index (χ2n) is 11.6. The Labute approximate surface area is 288 Å². The lowest BCUT2D eigenvalue weighted by Crippen LogP contribution is -2.41. The van der Waals surface area contributed by atoms with E-state index in [1.54, 1.807) is 12.1 Å². The maximum Gasteiger partial charge on any atom is 0.335 e. The molecule has 0 spiro atoms. The van der Waals surface area contributed by atoms with E-state index in [9.17, 15) is 33.9 Å². The van der Waals surface area contributed by atoms with Crippen molar-refractivity contribution in [1.82, 2.24) is 16.0 Å². The number of rotatable bonds is 31. The Hall–Kier alpha value is -4.08. The molecule has 2 atom stereocenters. The van der Waals surface area contributed by atoms with E-state index < -0.39 is 24.0 Å². The van der Waals surface area contributed by atoms with Gasteiger partial charge in [-0.1, -0.05) is 32.1 Å². The lowest BCUT2D eigenvalue weighted by molar-refractivity contribution is -0.142. The van der Waals surface area contributed by atoms with Gasteiger partial charge in [0.25, 0.3) is 0 Å². The molecule has 0 fully saturated rings. The maximum absolute atomic E-state index is 12.3. The molecule has 0 saturated carbocycles. The van der Waals surface area contributed by atoms with Gasteiger partial charge in [-0.05, 0) is 62.8 Å². The zero-order chi connectivity index (χ0) is 36.1. The number of aliphatic carboxylic acids is 1. The van der Waals surface area contributed by atoms with Crippen LogP contribution in [0.3, 0.4) is 0 Å². The van der Waals surface area contributed by atoms with Crippen molar-refractivity contribution in [3.63, 3.8) is 0 Å². The SMILES string of the molecule is N[C@H](C=O)CCCCNC(=O)COCCOCCNC(=O)CC[C@H](NC(=O)CCCCCCCCCOc1ccc(C(=O)O)cc1)C(=O)O. The van der Waals surface area contributed by atoms with E-state index >= 15 is 0 Å². The summed E-state index contributed by atoms with van der Waals surface area (Å²) in [7, 11) is 0. The highest BCUT2D eigenvalue weighted by atomic mass is 16.5. The highest BCUT2D eigenvalue weighted by Gasteiger charge is 2.20. The van der Waals surface area contributed by atoms with E-state index in [4.69, 9.17) is 25.1 Å². The largest absolute Gasteiger partial charge is 0.494 e. The van der Waals surface area contributed by atoms with Gasteiger partial charge in [-0.3, -0.25) is 14.4 Å². The molecule has 0 radical (unpaired) electrons. The number of aromatic carboxylic acids is 1. The van der Waals surface area contributed by atoms with Crippen LogP contribution in [0.1, 0.15) is 93.8 Å². The number of unbranched alkanes of at least 4 members (excludes halogenated alkanes) is 7. The molecule has 0 unspecified atom stereocenters. The van der Waals surface area contributed by atoms with Gasteiger partial charge in [-0.2, -0.15) is 0 Å². The fraction of sp³-hybridized carbons (Fsp3) is 0.647. The van der Waals surface area contributed by atoms with E-state index in [-0.39, 0.29) is 75.5 Å². The van der Waals surface area contributed by atoms with Gasteiger partial charge in [0.15, 0.2) is 0 Å². The fourth-order valence-electron chi connectivity index (χ4n) is 4.54. The first kappa shape index (κ1) is 42.9. The summed E-state index contributed by atoms with van der Waals surface area (Å²) in [6.45, 7) is 1.78. The van der Waals surface area contributed by atoms with Crippen LogP contribution in [0, 0.1) is 0 Å². The number of hydrogen-bond donors (Lipinski definition) is 6. The molecule has 0 saturated heterocycles. The third kappa shape index (κ3) is 23.8. The third-order valence-electron chi connectivity index (χ3n) is 7.35. The Morgan fingerprint density at radius 2 is 1.35 bits per heavy atom. The monoisotopic (exact) mass is 694 g/mol. The first-order valence-electron chi connectivity index (χ1n) is 17.0. The van der Waals surface area contributed by atoms with Gasteiger partial charge in [0, 0.05) is 25.9 Å². The second kappa shape index (κ2) is 27.8. The number of nitrogens with two attached hydrogens (primary N) is 1. The van der Waals surface area contributed by atoms with Crippen LogP contribution in [-0.2, 0) is 33.4 Å². The molecule has 0 aliphatic rings. The summed E-state index contributed by atoms with van der Waals surface area (Å²) >= 11 is 0. The van der Waals surface area contributed by atoms with E-state index in [2.05, 4.69) is 16.0 Å². The van der Waals surface area contributed by atoms with Gasteiger partial charge in [-0.15, -0.1) is 0 Å². The number of ether oxygens (including phenoxy) is 3. The molecule has 7 N–H and O–H groups in total. The van der Waals surface area contributed by atoms with Crippen LogP contribution in [0.4, 0.5) is 0 Å². The van der Waals surface area contributed by atoms with Crippen LogP contribution in [0.15, 0.2) is 24.3 Å². The highest BCUT2D eigenvalue weighted by molar-refractivity contribution is 5.87. The summed E-state index contributed by atoms with van der Waals surface area (Å²) in [6.07, 6.45) is 9.24. The van der Waals surface area contributed by atoms with Gasteiger partial charge >= 0.3 is 11.9 Å². The zero-order valence-corrected chi connectivity index (χ0v) is 28.3. The molecular weight excluding hydrogens is 640 g/mol. The van der Waals surface area contributed by atoms with Crippen LogP contribution in [0.2, 0.25) is 0 Å². The molecule has 1 aromatic rings. The lowest BCUT2D eigenvalue weighted by Gasteiger charge is -2.14. The number of carboxylic acids is 2. The van der Waals surface area contributed by atoms with E-state index in [1.165, 1.54) is 12.1 Å². The van der Waals surface area contributed by atoms with Crippen LogP contribution in [0.5, 0.6) is 5.75 Å². The van der Waals surface area contributed by atoms with Crippen molar-refractivity contribution in [2.45, 2.75) is 95.6 Å². The van der Waals surface area contributed by atoms with E-state index in [0.29, 0.717) is 44.4 Å². The first-order valence-corrected chi connectivity index (χ1v) is 17.0. The quantitative estimate of drug-likeness (QED) is 0.0485. The minimum absolute atomic E-state index is 0.0344. The van der Waals surface area contributed by atoms with E-state index in [1.807, 2.05) is 0 Å². The van der Waals surface area contributed by atoms with Gasteiger partial charge in [0.2, 0.25) is 17.7 Å². The molecule has 3 amide bonds. The predicted octanol–water partition coefficient (Wildman–Crippen LogP) is 2.20. The summed E-state index contributed by atoms with van der Waals surface area (Å²) in [5.74, 6) is -2.49. The Morgan fingerprint density at radius 3 is 2.02 bits per heavy atom. The van der Waals surface area contributed by atoms with E-state index in [0.717, 1.165) is 44.9 Å². The summed E-state index contributed by atoms with van der Waals surface area (Å²) in [6, 6.07) is 4.69. The molecule has 1 rings (SSSR count). The van der Waals surface area contributed by atoms with Gasteiger partial charge in [0.1, 0.15) is 24.7 Å². The molecule has 0 heterocycles. The zero-order valence-electron chi connectivity index (χ0n) is 28.3. The molecule has 15 heteroatoms. The molecule has 276 valence electrons. The number of nitrogens with one attached hydrogen (secondary N) is 3. The number of carbonyl (C=O) groups excluding carboxylic acids is 4. The van der Waals surface area contributed by atoms with Crippen LogP contribution in [0.25, 0.3) is 0 Å². The smallest absolute Gasteiger partial charge is 0.335 e. The fourth-order valence-corrected chi connectivity index (χ4v) is 4.54. The number of carboxylic acid groups (broad SMARTS) is 2. The van der Waals surface area contributed by atoms with Crippen LogP contribution < -0.4 is 26.4 Å².